The van der Waals surface area contributed by atoms with Gasteiger partial charge in [-0.25, -0.2) is 0 Å². The second kappa shape index (κ2) is 9.56. The molecule has 0 saturated heterocycles. The second-order valence-corrected chi connectivity index (χ2v) is 6.05. The van der Waals surface area contributed by atoms with E-state index >= 15 is 0 Å². The fraction of sp³-hybridized carbons (Fsp3) is 0.556. The van der Waals surface area contributed by atoms with E-state index in [0.29, 0.717) is 42.4 Å². The summed E-state index contributed by atoms with van der Waals surface area (Å²) in [6.07, 6.45) is 1.27. The molecule has 1 aromatic carbocycles. The van der Waals surface area contributed by atoms with Gasteiger partial charge < -0.3 is 9.47 Å². The summed E-state index contributed by atoms with van der Waals surface area (Å²) in [5.41, 5.74) is 0. The molecular formula is C18H25ClO4. The van der Waals surface area contributed by atoms with Gasteiger partial charge in [0.2, 0.25) is 0 Å². The number of methoxy groups -OCH3 is 1. The number of hydrogen-bond acceptors (Lipinski definition) is 4. The summed E-state index contributed by atoms with van der Waals surface area (Å²) in [5.74, 6) is 0.800. The molecule has 0 aliphatic carbocycles. The van der Waals surface area contributed by atoms with E-state index in [9.17, 15) is 9.59 Å². The van der Waals surface area contributed by atoms with Crippen molar-refractivity contribution in [3.63, 3.8) is 0 Å². The third-order valence-corrected chi connectivity index (χ3v) is 4.07. The molecule has 0 fully saturated rings. The predicted octanol–water partition coefficient (Wildman–Crippen LogP) is 4.33. The lowest BCUT2D eigenvalue weighted by Crippen LogP contribution is -2.26. The average molecular weight is 341 g/mol. The number of Topliss-reactive ketones (excluding diaryl/α,β-unsaturated/α-hetero) is 2. The summed E-state index contributed by atoms with van der Waals surface area (Å²) >= 11 is 6.13. The number of hydrogen-bond donors (Lipinski definition) is 0. The van der Waals surface area contributed by atoms with Crippen molar-refractivity contribution < 1.29 is 19.1 Å². The summed E-state index contributed by atoms with van der Waals surface area (Å²) in [4.78, 5) is 23.9. The van der Waals surface area contributed by atoms with Crippen LogP contribution in [0.2, 0.25) is 5.02 Å². The first-order chi connectivity index (χ1) is 10.9. The van der Waals surface area contributed by atoms with Crippen molar-refractivity contribution in [2.24, 2.45) is 11.8 Å². The normalized spacial score (nSPS) is 12.1. The van der Waals surface area contributed by atoms with Crippen molar-refractivity contribution in [3.8, 4) is 11.5 Å². The fourth-order valence-electron chi connectivity index (χ4n) is 2.36. The van der Waals surface area contributed by atoms with Gasteiger partial charge in [-0.05, 0) is 24.5 Å². The van der Waals surface area contributed by atoms with Gasteiger partial charge in [0.25, 0.3) is 0 Å². The fourth-order valence-corrected chi connectivity index (χ4v) is 2.59. The van der Waals surface area contributed by atoms with Gasteiger partial charge in [0.15, 0.2) is 0 Å². The average Bonchev–Trinajstić information content (AvgIpc) is 2.56. The van der Waals surface area contributed by atoms with E-state index in [-0.39, 0.29) is 17.5 Å². The SMILES string of the molecule is CCC(=O)C(CC(C)COc1ccc(OC)cc1Cl)C(=O)CC. The van der Waals surface area contributed by atoms with Crippen LogP contribution in [0.4, 0.5) is 0 Å². The van der Waals surface area contributed by atoms with Crippen LogP contribution in [0.15, 0.2) is 18.2 Å². The molecule has 1 atom stereocenters. The number of rotatable bonds is 10. The van der Waals surface area contributed by atoms with Crippen LogP contribution in [-0.4, -0.2) is 25.3 Å². The predicted molar refractivity (Wildman–Crippen MR) is 91.4 cm³/mol. The smallest absolute Gasteiger partial charge is 0.143 e. The Balaban J connectivity index is 2.63. The van der Waals surface area contributed by atoms with Gasteiger partial charge >= 0.3 is 0 Å². The lowest BCUT2D eigenvalue weighted by Gasteiger charge is -2.19. The Bertz CT molecular complexity index is 526. The summed E-state index contributed by atoms with van der Waals surface area (Å²) < 4.78 is 10.8. The molecule has 128 valence electrons. The van der Waals surface area contributed by atoms with E-state index < -0.39 is 5.92 Å². The Hall–Kier alpha value is -1.55. The number of benzene rings is 1. The molecule has 0 heterocycles. The van der Waals surface area contributed by atoms with Gasteiger partial charge in [-0.2, -0.15) is 0 Å². The summed E-state index contributed by atoms with van der Waals surface area (Å²) in [5, 5.41) is 0.474. The molecule has 1 aromatic rings. The monoisotopic (exact) mass is 340 g/mol. The maximum Gasteiger partial charge on any atom is 0.143 e. The molecule has 0 saturated carbocycles. The van der Waals surface area contributed by atoms with E-state index in [2.05, 4.69) is 0 Å². The molecule has 0 radical (unpaired) electrons. The number of carbonyl (C=O) groups is 2. The highest BCUT2D eigenvalue weighted by Crippen LogP contribution is 2.29. The highest BCUT2D eigenvalue weighted by atomic mass is 35.5. The maximum absolute atomic E-state index is 12.0. The van der Waals surface area contributed by atoms with Crippen molar-refractivity contribution in [3.05, 3.63) is 23.2 Å². The first-order valence-electron chi connectivity index (χ1n) is 7.94. The van der Waals surface area contributed by atoms with E-state index in [4.69, 9.17) is 21.1 Å². The minimum Gasteiger partial charge on any atom is -0.497 e. The van der Waals surface area contributed by atoms with Crippen LogP contribution in [0.5, 0.6) is 11.5 Å². The quantitative estimate of drug-likeness (QED) is 0.595. The molecule has 0 bridgehead atoms. The van der Waals surface area contributed by atoms with E-state index in [1.54, 1.807) is 39.2 Å². The van der Waals surface area contributed by atoms with Gasteiger partial charge in [0.1, 0.15) is 23.1 Å². The minimum absolute atomic E-state index is 0.00572. The van der Waals surface area contributed by atoms with Crippen molar-refractivity contribution in [2.75, 3.05) is 13.7 Å². The standard InChI is InChI=1S/C18H25ClO4/c1-5-16(20)14(17(21)6-2)9-12(3)11-23-18-8-7-13(22-4)10-15(18)19/h7-8,10,12,14H,5-6,9,11H2,1-4H3. The molecule has 1 unspecified atom stereocenters. The van der Waals surface area contributed by atoms with Crippen LogP contribution < -0.4 is 9.47 Å². The third kappa shape index (κ3) is 5.87. The summed E-state index contributed by atoms with van der Waals surface area (Å²) in [6, 6.07) is 5.21. The van der Waals surface area contributed by atoms with Crippen LogP contribution in [0.25, 0.3) is 0 Å². The number of ether oxygens (including phenoxy) is 2. The topological polar surface area (TPSA) is 52.6 Å². The molecule has 23 heavy (non-hydrogen) atoms. The molecule has 0 spiro atoms. The van der Waals surface area contributed by atoms with Crippen LogP contribution in [-0.2, 0) is 9.59 Å². The molecule has 0 amide bonds. The summed E-state index contributed by atoms with van der Waals surface area (Å²) in [6.45, 7) is 5.94. The molecule has 0 aromatic heterocycles. The highest BCUT2D eigenvalue weighted by Gasteiger charge is 2.25. The van der Waals surface area contributed by atoms with Gasteiger partial charge in [0.05, 0.1) is 24.7 Å². The van der Waals surface area contributed by atoms with Gasteiger partial charge in [-0.15, -0.1) is 0 Å². The van der Waals surface area contributed by atoms with Crippen molar-refractivity contribution >= 4 is 23.2 Å². The number of halogens is 1. The van der Waals surface area contributed by atoms with Crippen LogP contribution in [0, 0.1) is 11.8 Å². The van der Waals surface area contributed by atoms with Crippen molar-refractivity contribution in [1.29, 1.82) is 0 Å². The largest absolute Gasteiger partial charge is 0.497 e. The molecular weight excluding hydrogens is 316 g/mol. The Morgan fingerprint density at radius 1 is 1.17 bits per heavy atom. The van der Waals surface area contributed by atoms with Crippen LogP contribution in [0.1, 0.15) is 40.0 Å². The third-order valence-electron chi connectivity index (χ3n) is 3.77. The molecule has 4 nitrogen and oxygen atoms in total. The lowest BCUT2D eigenvalue weighted by atomic mass is 9.87. The van der Waals surface area contributed by atoms with E-state index in [1.807, 2.05) is 6.92 Å². The van der Waals surface area contributed by atoms with Gasteiger partial charge in [0, 0.05) is 18.9 Å². The zero-order chi connectivity index (χ0) is 17.4. The Morgan fingerprint density at radius 3 is 2.26 bits per heavy atom. The molecule has 5 heteroatoms. The zero-order valence-corrected chi connectivity index (χ0v) is 15.0. The zero-order valence-electron chi connectivity index (χ0n) is 14.2. The highest BCUT2D eigenvalue weighted by molar-refractivity contribution is 6.32. The molecule has 0 N–H and O–H groups in total. The first-order valence-corrected chi connectivity index (χ1v) is 8.32. The Morgan fingerprint density at radius 2 is 1.78 bits per heavy atom. The number of ketones is 2. The van der Waals surface area contributed by atoms with Gasteiger partial charge in [-0.1, -0.05) is 32.4 Å². The lowest BCUT2D eigenvalue weighted by molar-refractivity contribution is -0.133. The molecule has 0 aliphatic rings. The molecule has 0 aliphatic heterocycles. The van der Waals surface area contributed by atoms with Crippen LogP contribution in [0.3, 0.4) is 0 Å². The van der Waals surface area contributed by atoms with Crippen molar-refractivity contribution in [1.82, 2.24) is 0 Å². The second-order valence-electron chi connectivity index (χ2n) is 5.64. The summed E-state index contributed by atoms with van der Waals surface area (Å²) in [7, 11) is 1.57. The van der Waals surface area contributed by atoms with E-state index in [1.165, 1.54) is 0 Å². The first kappa shape index (κ1) is 19.5. The van der Waals surface area contributed by atoms with Gasteiger partial charge in [-0.3, -0.25) is 9.59 Å². The van der Waals surface area contributed by atoms with Crippen molar-refractivity contribution in [2.45, 2.75) is 40.0 Å². The number of carbonyl (C=O) groups excluding carboxylic acids is 2. The Labute approximate surface area is 143 Å². The Kier molecular flexibility index (Phi) is 8.10. The molecule has 1 rings (SSSR count). The van der Waals surface area contributed by atoms with Crippen LogP contribution >= 0.6 is 11.6 Å². The van der Waals surface area contributed by atoms with E-state index in [0.717, 1.165) is 0 Å². The minimum atomic E-state index is -0.519. The maximum atomic E-state index is 12.0.